The van der Waals surface area contributed by atoms with E-state index in [0.29, 0.717) is 19.5 Å². The molecule has 1 saturated heterocycles. The molecule has 18 heavy (non-hydrogen) atoms. The summed E-state index contributed by atoms with van der Waals surface area (Å²) in [6, 6.07) is 0. The Balaban J connectivity index is 2.12. The van der Waals surface area contributed by atoms with E-state index in [1.54, 1.807) is 11.3 Å². The van der Waals surface area contributed by atoms with Crippen LogP contribution in [0, 0.1) is 12.8 Å². The van der Waals surface area contributed by atoms with Gasteiger partial charge in [0.2, 0.25) is 0 Å². The molecule has 1 aromatic rings. The average molecular weight is 266 g/mol. The minimum Gasteiger partial charge on any atom is -0.411 e. The third-order valence-electron chi connectivity index (χ3n) is 3.54. The largest absolute Gasteiger partial charge is 0.411 e. The molecular weight excluding hydrogens is 248 g/mol. The number of amides is 1. The molecule has 1 N–H and O–H groups in total. The summed E-state index contributed by atoms with van der Waals surface area (Å²) in [4.78, 5) is 14.2. The first kappa shape index (κ1) is 13.1. The molecule has 5 heteroatoms. The maximum atomic E-state index is 12.4. The van der Waals surface area contributed by atoms with E-state index >= 15 is 0 Å². The first-order valence-electron chi connectivity index (χ1n) is 6.20. The molecule has 1 atom stereocenters. The molecule has 0 spiro atoms. The average Bonchev–Trinajstić information content (AvgIpc) is 2.83. The fourth-order valence-electron chi connectivity index (χ4n) is 2.35. The predicted molar refractivity (Wildman–Crippen MR) is 72.6 cm³/mol. The normalized spacial score (nSPS) is 22.4. The molecule has 0 saturated carbocycles. The highest BCUT2D eigenvalue weighted by Gasteiger charge is 2.28. The van der Waals surface area contributed by atoms with Crippen LogP contribution in [0.15, 0.2) is 15.9 Å². The predicted octanol–water partition coefficient (Wildman–Crippen LogP) is 2.76. The van der Waals surface area contributed by atoms with Gasteiger partial charge in [-0.05, 0) is 24.3 Å². The zero-order valence-corrected chi connectivity index (χ0v) is 11.5. The van der Waals surface area contributed by atoms with Crippen molar-refractivity contribution in [2.75, 3.05) is 13.1 Å². The van der Waals surface area contributed by atoms with Gasteiger partial charge in [0.25, 0.3) is 5.91 Å². The number of oxime groups is 1. The van der Waals surface area contributed by atoms with E-state index in [9.17, 15) is 4.79 Å². The van der Waals surface area contributed by atoms with Gasteiger partial charge in [-0.1, -0.05) is 12.1 Å². The van der Waals surface area contributed by atoms with Gasteiger partial charge in [0.15, 0.2) is 0 Å². The molecule has 2 heterocycles. The number of nitrogens with zero attached hydrogens (tertiary/aromatic N) is 2. The molecule has 98 valence electrons. The fourth-order valence-corrected chi connectivity index (χ4v) is 3.17. The molecule has 0 bridgehead atoms. The zero-order valence-electron chi connectivity index (χ0n) is 10.7. The lowest BCUT2D eigenvalue weighted by Crippen LogP contribution is -2.44. The van der Waals surface area contributed by atoms with Crippen LogP contribution in [0.5, 0.6) is 0 Å². The van der Waals surface area contributed by atoms with Crippen molar-refractivity contribution < 1.29 is 10.0 Å². The van der Waals surface area contributed by atoms with Gasteiger partial charge in [0.1, 0.15) is 0 Å². The van der Waals surface area contributed by atoms with E-state index in [-0.39, 0.29) is 11.8 Å². The molecule has 1 aromatic heterocycles. The number of carbonyl (C=O) groups is 1. The molecular formula is C13H18N2O2S. The lowest BCUT2D eigenvalue weighted by molar-refractivity contribution is 0.0729. The number of hydrogen-bond donors (Lipinski definition) is 1. The van der Waals surface area contributed by atoms with E-state index < -0.39 is 0 Å². The molecule has 1 aliphatic heterocycles. The van der Waals surface area contributed by atoms with Crippen molar-refractivity contribution in [2.45, 2.75) is 26.7 Å². The highest BCUT2D eigenvalue weighted by molar-refractivity contribution is 7.08. The van der Waals surface area contributed by atoms with Crippen molar-refractivity contribution in [3.63, 3.8) is 0 Å². The second-order valence-corrected chi connectivity index (χ2v) is 5.41. The van der Waals surface area contributed by atoms with Crippen molar-refractivity contribution in [1.82, 2.24) is 4.90 Å². The number of hydrogen-bond acceptors (Lipinski definition) is 4. The molecule has 0 aromatic carbocycles. The summed E-state index contributed by atoms with van der Waals surface area (Å²) in [6.07, 6.45) is 1.57. The molecule has 1 fully saturated rings. The first-order valence-corrected chi connectivity index (χ1v) is 7.14. The van der Waals surface area contributed by atoms with Crippen LogP contribution in [0.4, 0.5) is 0 Å². The van der Waals surface area contributed by atoms with Crippen LogP contribution in [0.25, 0.3) is 0 Å². The Morgan fingerprint density at radius 3 is 2.94 bits per heavy atom. The van der Waals surface area contributed by atoms with Gasteiger partial charge in [-0.25, -0.2) is 0 Å². The topological polar surface area (TPSA) is 52.9 Å². The van der Waals surface area contributed by atoms with E-state index in [1.807, 2.05) is 22.6 Å². The van der Waals surface area contributed by atoms with Crippen molar-refractivity contribution in [2.24, 2.45) is 11.1 Å². The number of aryl methyl sites for hydroxylation is 1. The molecule has 1 unspecified atom stereocenters. The van der Waals surface area contributed by atoms with Gasteiger partial charge < -0.3 is 10.1 Å². The summed E-state index contributed by atoms with van der Waals surface area (Å²) >= 11 is 1.56. The van der Waals surface area contributed by atoms with Crippen molar-refractivity contribution in [3.05, 3.63) is 21.9 Å². The number of carbonyl (C=O) groups excluding carboxylic acids is 1. The number of likely N-dealkylation sites (tertiary alicyclic amines) is 1. The van der Waals surface area contributed by atoms with E-state index in [2.05, 4.69) is 12.1 Å². The Hall–Kier alpha value is -1.36. The Kier molecular flexibility index (Phi) is 4.01. The van der Waals surface area contributed by atoms with Gasteiger partial charge in [0, 0.05) is 30.8 Å². The van der Waals surface area contributed by atoms with Gasteiger partial charge in [-0.3, -0.25) is 4.79 Å². The van der Waals surface area contributed by atoms with Crippen LogP contribution in [0.1, 0.15) is 35.7 Å². The summed E-state index contributed by atoms with van der Waals surface area (Å²) in [5.74, 6) is 0.288. The van der Waals surface area contributed by atoms with Crippen LogP contribution < -0.4 is 0 Å². The van der Waals surface area contributed by atoms with E-state index in [4.69, 9.17) is 5.21 Å². The summed E-state index contributed by atoms with van der Waals surface area (Å²) in [6.45, 7) is 5.32. The van der Waals surface area contributed by atoms with Crippen LogP contribution in [-0.2, 0) is 0 Å². The van der Waals surface area contributed by atoms with Gasteiger partial charge >= 0.3 is 0 Å². The molecule has 1 aliphatic rings. The molecule has 1 amide bonds. The summed E-state index contributed by atoms with van der Waals surface area (Å²) in [5, 5.41) is 16.2. The van der Waals surface area contributed by atoms with Gasteiger partial charge in [0.05, 0.1) is 11.3 Å². The van der Waals surface area contributed by atoms with Gasteiger partial charge in [-0.15, -0.1) is 0 Å². The Labute approximate surface area is 111 Å². The number of piperidine rings is 1. The quantitative estimate of drug-likeness (QED) is 0.661. The lowest BCUT2D eigenvalue weighted by Gasteiger charge is -2.32. The molecule has 2 rings (SSSR count). The van der Waals surface area contributed by atoms with Crippen molar-refractivity contribution in [3.8, 4) is 0 Å². The minimum atomic E-state index is 0.101. The second kappa shape index (κ2) is 5.52. The fraction of sp³-hybridized carbons (Fsp3) is 0.538. The maximum Gasteiger partial charge on any atom is 0.254 e. The van der Waals surface area contributed by atoms with Crippen molar-refractivity contribution >= 4 is 23.0 Å². The van der Waals surface area contributed by atoms with E-state index in [0.717, 1.165) is 23.3 Å². The molecule has 4 nitrogen and oxygen atoms in total. The lowest BCUT2D eigenvalue weighted by atomic mass is 9.93. The molecule has 0 radical (unpaired) electrons. The minimum absolute atomic E-state index is 0.101. The van der Waals surface area contributed by atoms with Crippen LogP contribution >= 0.6 is 11.3 Å². The monoisotopic (exact) mass is 266 g/mol. The highest BCUT2D eigenvalue weighted by atomic mass is 32.1. The second-order valence-electron chi connectivity index (χ2n) is 4.67. The summed E-state index contributed by atoms with van der Waals surface area (Å²) in [7, 11) is 0. The van der Waals surface area contributed by atoms with Crippen LogP contribution in [-0.4, -0.2) is 34.8 Å². The Morgan fingerprint density at radius 1 is 1.61 bits per heavy atom. The Bertz CT molecular complexity index is 467. The number of thiophene rings is 1. The SMILES string of the molecule is CCC1CN(C(=O)c2cscc2C)CC/C1=N\O. The maximum absolute atomic E-state index is 12.4. The zero-order chi connectivity index (χ0) is 13.1. The highest BCUT2D eigenvalue weighted by Crippen LogP contribution is 2.22. The first-order chi connectivity index (χ1) is 8.67. The number of rotatable bonds is 2. The summed E-state index contributed by atoms with van der Waals surface area (Å²) in [5.41, 5.74) is 2.67. The third kappa shape index (κ3) is 2.41. The van der Waals surface area contributed by atoms with E-state index in [1.165, 1.54) is 0 Å². The van der Waals surface area contributed by atoms with Gasteiger partial charge in [-0.2, -0.15) is 11.3 Å². The molecule has 0 aliphatic carbocycles. The third-order valence-corrected chi connectivity index (χ3v) is 4.41. The Morgan fingerprint density at radius 2 is 2.39 bits per heavy atom. The smallest absolute Gasteiger partial charge is 0.254 e. The van der Waals surface area contributed by atoms with Crippen LogP contribution in [0.2, 0.25) is 0 Å². The van der Waals surface area contributed by atoms with Crippen molar-refractivity contribution in [1.29, 1.82) is 0 Å². The standard InChI is InChI=1S/C13H18N2O2S/c1-3-10-6-15(5-4-12(10)14-17)13(16)11-8-18-7-9(11)2/h7-8,10,17H,3-6H2,1-2H3/b14-12+. The summed E-state index contributed by atoms with van der Waals surface area (Å²) < 4.78 is 0. The van der Waals surface area contributed by atoms with Crippen LogP contribution in [0.3, 0.4) is 0 Å².